The molecule has 3 aliphatic rings. The van der Waals surface area contributed by atoms with Crippen molar-refractivity contribution in [3.8, 4) is 33.4 Å². The third kappa shape index (κ3) is 7.25. The second-order valence-electron chi connectivity index (χ2n) is 19.5. The van der Waals surface area contributed by atoms with Crippen molar-refractivity contribution in [3.05, 3.63) is 313 Å². The van der Waals surface area contributed by atoms with E-state index in [9.17, 15) is 0 Å². The van der Waals surface area contributed by atoms with Gasteiger partial charge in [0, 0.05) is 33.4 Å². The topological polar surface area (TPSA) is 6.48 Å². The molecule has 1 heterocycles. The summed E-state index contributed by atoms with van der Waals surface area (Å²) in [5, 5.41) is 4.85. The van der Waals surface area contributed by atoms with Gasteiger partial charge in [-0.05, 0) is 128 Å². The summed E-state index contributed by atoms with van der Waals surface area (Å²) in [6.07, 6.45) is 9.59. The summed E-state index contributed by atoms with van der Waals surface area (Å²) in [7, 11) is 0. The maximum atomic E-state index is 3.36. The number of rotatable bonds is 8. The van der Waals surface area contributed by atoms with Gasteiger partial charge in [-0.15, -0.1) is 6.58 Å². The molecule has 2 nitrogen and oxygen atoms in total. The predicted molar refractivity (Wildman–Crippen MR) is 314 cm³/mol. The van der Waals surface area contributed by atoms with Gasteiger partial charge in [0.2, 0.25) is 0 Å². The molecule has 2 aliphatic carbocycles. The zero-order valence-corrected chi connectivity index (χ0v) is 41.4. The molecule has 11 aromatic rings. The van der Waals surface area contributed by atoms with Crippen LogP contribution in [0.4, 0.5) is 28.4 Å². The normalized spacial score (nSPS) is 14.5. The van der Waals surface area contributed by atoms with Crippen molar-refractivity contribution < 1.29 is 0 Å². The van der Waals surface area contributed by atoms with Crippen LogP contribution in [0.15, 0.2) is 286 Å². The highest BCUT2D eigenvalue weighted by Gasteiger charge is 2.47. The zero-order valence-electron chi connectivity index (χ0n) is 41.4. The van der Waals surface area contributed by atoms with E-state index >= 15 is 0 Å². The Labute approximate surface area is 434 Å². The van der Waals surface area contributed by atoms with Gasteiger partial charge in [0.15, 0.2) is 0 Å². The third-order valence-electron chi connectivity index (χ3n) is 15.4. The summed E-state index contributed by atoms with van der Waals surface area (Å²) in [5.41, 5.74) is 20.6. The number of nitrogens with zero attached hydrogens (tertiary/aromatic N) is 2. The van der Waals surface area contributed by atoms with Crippen LogP contribution in [0.25, 0.3) is 60.5 Å². The Morgan fingerprint density at radius 3 is 1.66 bits per heavy atom. The molecule has 0 bridgehead atoms. The fourth-order valence-electron chi connectivity index (χ4n) is 12.4. The lowest BCUT2D eigenvalue weighted by Crippen LogP contribution is -2.30. The molecular weight excluding hydrogens is 893 g/mol. The Kier molecular flexibility index (Phi) is 11.3. The van der Waals surface area contributed by atoms with Gasteiger partial charge in [-0.1, -0.05) is 237 Å². The molecule has 0 spiro atoms. The Hall–Kier alpha value is -9.24. The van der Waals surface area contributed by atoms with E-state index in [1.54, 1.807) is 6.08 Å². The molecule has 352 valence electrons. The van der Waals surface area contributed by atoms with Crippen molar-refractivity contribution in [2.24, 2.45) is 0 Å². The smallest absolute Gasteiger partial charge is 0.0714 e. The molecule has 1 atom stereocenters. The van der Waals surface area contributed by atoms with Gasteiger partial charge in [-0.2, -0.15) is 0 Å². The lowest BCUT2D eigenvalue weighted by Gasteiger charge is -2.35. The molecule has 0 aromatic heterocycles. The molecule has 0 fully saturated rings. The summed E-state index contributed by atoms with van der Waals surface area (Å²) in [6.45, 7) is 5.25. The lowest BCUT2D eigenvalue weighted by molar-refractivity contribution is 0.765. The van der Waals surface area contributed by atoms with Gasteiger partial charge in [-0.25, -0.2) is 0 Å². The maximum Gasteiger partial charge on any atom is 0.0714 e. The molecule has 1 unspecified atom stereocenters. The molecule has 11 aromatic carbocycles. The number of allylic oxidation sites excluding steroid dienone is 3. The van der Waals surface area contributed by atoms with Gasteiger partial charge in [0.25, 0.3) is 0 Å². The van der Waals surface area contributed by atoms with E-state index in [0.29, 0.717) is 0 Å². The van der Waals surface area contributed by atoms with Crippen LogP contribution in [0.1, 0.15) is 41.2 Å². The molecule has 0 saturated carbocycles. The van der Waals surface area contributed by atoms with E-state index in [1.165, 1.54) is 94.1 Å². The molecular formula is C72H54N2. The van der Waals surface area contributed by atoms with Crippen LogP contribution in [0.5, 0.6) is 0 Å². The number of benzene rings is 11. The fraction of sp³-hybridized carbons (Fsp3) is 0.0556. The number of fused-ring (bicyclic) bond motifs is 8. The highest BCUT2D eigenvalue weighted by atomic mass is 15.2. The van der Waals surface area contributed by atoms with Gasteiger partial charge < -0.3 is 9.80 Å². The summed E-state index contributed by atoms with van der Waals surface area (Å²) in [6, 6.07) is 94.7. The quantitative estimate of drug-likeness (QED) is 0.140. The molecule has 0 amide bonds. The fourth-order valence-corrected chi connectivity index (χ4v) is 12.4. The highest BCUT2D eigenvalue weighted by Crippen LogP contribution is 2.58. The number of anilines is 5. The molecule has 1 aliphatic heterocycles. The van der Waals surface area contributed by atoms with Crippen LogP contribution in [-0.2, 0) is 5.41 Å². The van der Waals surface area contributed by atoms with Crippen LogP contribution < -0.4 is 9.80 Å². The van der Waals surface area contributed by atoms with Crippen molar-refractivity contribution in [1.82, 2.24) is 0 Å². The minimum Gasteiger partial charge on any atom is -0.333 e. The van der Waals surface area contributed by atoms with Gasteiger partial charge in [0.05, 0.1) is 22.8 Å². The second kappa shape index (κ2) is 18.7. The maximum absolute atomic E-state index is 3.36. The minimum atomic E-state index is -0.482. The first-order valence-electron chi connectivity index (χ1n) is 25.8. The van der Waals surface area contributed by atoms with Crippen molar-refractivity contribution in [1.29, 1.82) is 0 Å². The first-order chi connectivity index (χ1) is 36.6. The summed E-state index contributed by atoms with van der Waals surface area (Å²) >= 11 is 0. The van der Waals surface area contributed by atoms with Gasteiger partial charge in [-0.3, -0.25) is 0 Å². The first-order valence-corrected chi connectivity index (χ1v) is 25.8. The van der Waals surface area contributed by atoms with Crippen LogP contribution >= 0.6 is 0 Å². The SMILES string of the molecule is C1=CCC2C(=C1)c1ccc(-c3ccccc3-c3cccc(N(c4cccc5ccccc45)c4cccc5ccccc45)c3)cc1N2c1ccc2c(c1)C(c1ccccc1)(c1ccccc1)c1ccccc1-2.C=CC. The lowest BCUT2D eigenvalue weighted by atomic mass is 9.67. The van der Waals surface area contributed by atoms with E-state index in [2.05, 4.69) is 289 Å². The molecule has 0 saturated heterocycles. The van der Waals surface area contributed by atoms with E-state index in [1.807, 2.05) is 6.92 Å². The standard InChI is InChI=1S/C69H48N2.C3H6/c1-3-25-51(26-4-1)69(52-27-5-2-6-28-52)63-36-15-13-34-59(63)60-43-41-54(46-64(60)69)71-67-37-16-14-35-61(67)62-42-40-50(45-68(62)71)56-31-12-11-30-55(56)49-24-17-29-53(44-49)70(65-38-18-22-47-20-7-9-32-57(47)65)66-39-19-23-48-21-8-10-33-58(48)66;1-3-2/h1-36,38-46,67H,37H2;3H,1H2,2H3. The number of hydrogen-bond donors (Lipinski definition) is 0. The van der Waals surface area contributed by atoms with Crippen molar-refractivity contribution >= 4 is 55.6 Å². The Balaban J connectivity index is 0.00000172. The molecule has 14 rings (SSSR count). The number of hydrogen-bond acceptors (Lipinski definition) is 2. The van der Waals surface area contributed by atoms with Crippen molar-refractivity contribution in [2.75, 3.05) is 9.80 Å². The second-order valence-corrected chi connectivity index (χ2v) is 19.5. The molecule has 2 heteroatoms. The average Bonchev–Trinajstić information content (AvgIpc) is 3.96. The van der Waals surface area contributed by atoms with Gasteiger partial charge >= 0.3 is 0 Å². The largest absolute Gasteiger partial charge is 0.333 e. The summed E-state index contributed by atoms with van der Waals surface area (Å²) < 4.78 is 0. The molecule has 74 heavy (non-hydrogen) atoms. The van der Waals surface area contributed by atoms with Gasteiger partial charge in [0.1, 0.15) is 0 Å². The molecule has 0 N–H and O–H groups in total. The Morgan fingerprint density at radius 1 is 0.473 bits per heavy atom. The first kappa shape index (κ1) is 44.7. The summed E-state index contributed by atoms with van der Waals surface area (Å²) in [4.78, 5) is 5.08. The van der Waals surface area contributed by atoms with Crippen LogP contribution in [0.3, 0.4) is 0 Å². The van der Waals surface area contributed by atoms with E-state index < -0.39 is 5.41 Å². The van der Waals surface area contributed by atoms with Crippen LogP contribution in [0.2, 0.25) is 0 Å². The zero-order chi connectivity index (χ0) is 49.6. The third-order valence-corrected chi connectivity index (χ3v) is 15.4. The minimum absolute atomic E-state index is 0.177. The monoisotopic (exact) mass is 946 g/mol. The van der Waals surface area contributed by atoms with Crippen LogP contribution in [-0.4, -0.2) is 6.04 Å². The van der Waals surface area contributed by atoms with Crippen molar-refractivity contribution in [2.45, 2.75) is 24.8 Å². The molecule has 0 radical (unpaired) electrons. The van der Waals surface area contributed by atoms with Crippen molar-refractivity contribution in [3.63, 3.8) is 0 Å². The van der Waals surface area contributed by atoms with E-state index in [-0.39, 0.29) is 6.04 Å². The Bertz CT molecular complexity index is 3860. The van der Waals surface area contributed by atoms with Crippen LogP contribution in [0, 0.1) is 0 Å². The average molecular weight is 947 g/mol. The van der Waals surface area contributed by atoms with E-state index in [4.69, 9.17) is 0 Å². The highest BCUT2D eigenvalue weighted by molar-refractivity contribution is 6.05. The summed E-state index contributed by atoms with van der Waals surface area (Å²) in [5.74, 6) is 0. The Morgan fingerprint density at radius 2 is 1.00 bits per heavy atom. The van der Waals surface area contributed by atoms with E-state index in [0.717, 1.165) is 29.0 Å². The predicted octanol–water partition coefficient (Wildman–Crippen LogP) is 19.2.